The number of morpholine rings is 1. The third-order valence-corrected chi connectivity index (χ3v) is 4.58. The van der Waals surface area contributed by atoms with Gasteiger partial charge in [0.2, 0.25) is 0 Å². The molecule has 3 aliphatic rings. The zero-order valence-electron chi connectivity index (χ0n) is 10.7. The van der Waals surface area contributed by atoms with Gasteiger partial charge in [0.05, 0.1) is 13.2 Å². The highest BCUT2D eigenvalue weighted by Crippen LogP contribution is 2.29. The molecule has 0 amide bonds. The summed E-state index contributed by atoms with van der Waals surface area (Å²) in [5, 5.41) is 3.46. The van der Waals surface area contributed by atoms with Crippen LogP contribution in [-0.2, 0) is 4.74 Å². The van der Waals surface area contributed by atoms with Gasteiger partial charge in [0, 0.05) is 51.4 Å². The second-order valence-electron chi connectivity index (χ2n) is 5.50. The molecule has 3 rings (SSSR count). The van der Waals surface area contributed by atoms with Crippen LogP contribution in [0, 0.1) is 0 Å². The van der Waals surface area contributed by atoms with E-state index in [-0.39, 0.29) is 0 Å². The zero-order chi connectivity index (χ0) is 11.5. The summed E-state index contributed by atoms with van der Waals surface area (Å²) in [6.45, 7) is 8.99. The molecule has 0 bridgehead atoms. The van der Waals surface area contributed by atoms with Crippen molar-refractivity contribution in [3.63, 3.8) is 0 Å². The minimum atomic E-state index is 0.803. The summed E-state index contributed by atoms with van der Waals surface area (Å²) in [4.78, 5) is 5.41. The lowest BCUT2D eigenvalue weighted by atomic mass is 10.1. The van der Waals surface area contributed by atoms with Gasteiger partial charge in [-0.05, 0) is 12.8 Å². The Bertz CT molecular complexity index is 213. The molecule has 0 unspecified atom stereocenters. The Morgan fingerprint density at radius 1 is 0.824 bits per heavy atom. The Morgan fingerprint density at radius 3 is 2.06 bits per heavy atom. The molecule has 1 saturated carbocycles. The molecule has 2 atom stereocenters. The summed E-state index contributed by atoms with van der Waals surface area (Å²) < 4.78 is 5.47. The summed E-state index contributed by atoms with van der Waals surface area (Å²) in [6, 6.07) is 1.62. The van der Waals surface area contributed by atoms with Crippen LogP contribution < -0.4 is 5.32 Å². The highest BCUT2D eigenvalue weighted by atomic mass is 16.5. The van der Waals surface area contributed by atoms with Crippen LogP contribution in [0.1, 0.15) is 19.3 Å². The molecule has 4 nitrogen and oxygen atoms in total. The Hall–Kier alpha value is -0.160. The van der Waals surface area contributed by atoms with Crippen molar-refractivity contribution in [1.29, 1.82) is 0 Å². The van der Waals surface area contributed by atoms with Gasteiger partial charge in [0.25, 0.3) is 0 Å². The van der Waals surface area contributed by atoms with Crippen molar-refractivity contribution in [2.75, 3.05) is 52.5 Å². The average Bonchev–Trinajstić information content (AvgIpc) is 2.90. The fourth-order valence-electron chi connectivity index (χ4n) is 3.70. The first-order chi connectivity index (χ1) is 8.45. The number of ether oxygens (including phenoxy) is 1. The van der Waals surface area contributed by atoms with Crippen LogP contribution in [0.2, 0.25) is 0 Å². The van der Waals surface area contributed by atoms with Gasteiger partial charge in [0.15, 0.2) is 0 Å². The molecule has 0 spiro atoms. The number of nitrogens with one attached hydrogen (secondary N) is 1. The second kappa shape index (κ2) is 5.65. The summed E-state index contributed by atoms with van der Waals surface area (Å²) in [7, 11) is 0. The lowest BCUT2D eigenvalue weighted by Crippen LogP contribution is -2.56. The molecule has 1 N–H and O–H groups in total. The van der Waals surface area contributed by atoms with Crippen LogP contribution in [0.4, 0.5) is 0 Å². The van der Waals surface area contributed by atoms with Crippen molar-refractivity contribution in [1.82, 2.24) is 15.1 Å². The number of piperazine rings is 1. The number of hydrogen-bond acceptors (Lipinski definition) is 4. The maximum absolute atomic E-state index is 5.47. The number of rotatable bonds is 2. The molecule has 1 aliphatic carbocycles. The minimum Gasteiger partial charge on any atom is -0.379 e. The molecule has 0 aromatic rings. The quantitative estimate of drug-likeness (QED) is 0.742. The fraction of sp³-hybridized carbons (Fsp3) is 1.00. The first kappa shape index (κ1) is 11.9. The highest BCUT2D eigenvalue weighted by molar-refractivity contribution is 4.93. The van der Waals surface area contributed by atoms with Crippen LogP contribution in [0.15, 0.2) is 0 Å². The lowest BCUT2D eigenvalue weighted by Gasteiger charge is -2.41. The summed E-state index contributed by atoms with van der Waals surface area (Å²) in [6.07, 6.45) is 4.22. The smallest absolute Gasteiger partial charge is 0.0594 e. The summed E-state index contributed by atoms with van der Waals surface area (Å²) in [5.74, 6) is 0. The molecule has 17 heavy (non-hydrogen) atoms. The van der Waals surface area contributed by atoms with Gasteiger partial charge >= 0.3 is 0 Å². The molecular formula is C13H25N3O. The van der Waals surface area contributed by atoms with Gasteiger partial charge in [-0.15, -0.1) is 0 Å². The van der Waals surface area contributed by atoms with E-state index in [9.17, 15) is 0 Å². The molecule has 98 valence electrons. The van der Waals surface area contributed by atoms with Crippen molar-refractivity contribution >= 4 is 0 Å². The molecule has 2 aliphatic heterocycles. The Labute approximate surface area is 104 Å². The molecule has 0 aromatic heterocycles. The van der Waals surface area contributed by atoms with Crippen LogP contribution in [0.5, 0.6) is 0 Å². The summed E-state index contributed by atoms with van der Waals surface area (Å²) >= 11 is 0. The normalized spacial score (nSPS) is 37.4. The van der Waals surface area contributed by atoms with E-state index in [2.05, 4.69) is 15.1 Å². The third-order valence-electron chi connectivity index (χ3n) is 4.58. The van der Waals surface area contributed by atoms with E-state index in [4.69, 9.17) is 4.74 Å². The van der Waals surface area contributed by atoms with Crippen LogP contribution >= 0.6 is 0 Å². The topological polar surface area (TPSA) is 27.7 Å². The van der Waals surface area contributed by atoms with Crippen molar-refractivity contribution in [3.05, 3.63) is 0 Å². The second-order valence-corrected chi connectivity index (χ2v) is 5.50. The average molecular weight is 239 g/mol. The molecule has 0 aromatic carbocycles. The maximum atomic E-state index is 5.47. The fourth-order valence-corrected chi connectivity index (χ4v) is 3.70. The van der Waals surface area contributed by atoms with E-state index >= 15 is 0 Å². The minimum absolute atomic E-state index is 0.803. The summed E-state index contributed by atoms with van der Waals surface area (Å²) in [5.41, 5.74) is 0. The van der Waals surface area contributed by atoms with E-state index in [1.165, 1.54) is 45.4 Å². The maximum Gasteiger partial charge on any atom is 0.0594 e. The van der Waals surface area contributed by atoms with E-state index in [0.717, 1.165) is 38.4 Å². The standard InChI is InChI=1S/C13H25N3O/c1-2-12(15-6-4-14-5-7-15)13(3-1)16-8-10-17-11-9-16/h12-14H,1-11H2/t12-,13+/m0/s1. The molecule has 4 heteroatoms. The first-order valence-electron chi connectivity index (χ1n) is 7.22. The van der Waals surface area contributed by atoms with Crippen molar-refractivity contribution < 1.29 is 4.74 Å². The van der Waals surface area contributed by atoms with Gasteiger partial charge in [-0.2, -0.15) is 0 Å². The van der Waals surface area contributed by atoms with E-state index in [1.54, 1.807) is 0 Å². The lowest BCUT2D eigenvalue weighted by molar-refractivity contribution is -0.00318. The highest BCUT2D eigenvalue weighted by Gasteiger charge is 2.36. The van der Waals surface area contributed by atoms with Gasteiger partial charge in [-0.25, -0.2) is 0 Å². The van der Waals surface area contributed by atoms with Crippen molar-refractivity contribution in [2.45, 2.75) is 31.3 Å². The van der Waals surface area contributed by atoms with Crippen molar-refractivity contribution in [2.24, 2.45) is 0 Å². The van der Waals surface area contributed by atoms with Gasteiger partial charge in [-0.3, -0.25) is 9.80 Å². The van der Waals surface area contributed by atoms with Crippen LogP contribution in [-0.4, -0.2) is 74.4 Å². The van der Waals surface area contributed by atoms with Crippen LogP contribution in [0.3, 0.4) is 0 Å². The van der Waals surface area contributed by atoms with Gasteiger partial charge < -0.3 is 10.1 Å². The van der Waals surface area contributed by atoms with E-state index in [0.29, 0.717) is 0 Å². The van der Waals surface area contributed by atoms with Gasteiger partial charge in [-0.1, -0.05) is 6.42 Å². The van der Waals surface area contributed by atoms with E-state index in [1.807, 2.05) is 0 Å². The first-order valence-corrected chi connectivity index (χ1v) is 7.22. The Kier molecular flexibility index (Phi) is 3.96. The number of hydrogen-bond donors (Lipinski definition) is 1. The van der Waals surface area contributed by atoms with Crippen molar-refractivity contribution in [3.8, 4) is 0 Å². The zero-order valence-corrected chi connectivity index (χ0v) is 10.7. The Balaban J connectivity index is 1.61. The predicted octanol–water partition coefficient (Wildman–Crippen LogP) is 0.145. The third kappa shape index (κ3) is 2.65. The SMILES string of the molecule is C1C[C@@H](N2CCOCC2)[C@@H](N2CCNCC2)C1. The molecular weight excluding hydrogens is 214 g/mol. The largest absolute Gasteiger partial charge is 0.379 e. The van der Waals surface area contributed by atoms with Gasteiger partial charge in [0.1, 0.15) is 0 Å². The van der Waals surface area contributed by atoms with Crippen LogP contribution in [0.25, 0.3) is 0 Å². The van der Waals surface area contributed by atoms with E-state index < -0.39 is 0 Å². The number of nitrogens with zero attached hydrogens (tertiary/aromatic N) is 2. The Morgan fingerprint density at radius 2 is 1.41 bits per heavy atom. The molecule has 3 fully saturated rings. The molecule has 2 heterocycles. The molecule has 2 saturated heterocycles. The predicted molar refractivity (Wildman–Crippen MR) is 68.3 cm³/mol. The monoisotopic (exact) mass is 239 g/mol. The molecule has 0 radical (unpaired) electrons.